The molecule has 0 bridgehead atoms. The van der Waals surface area contributed by atoms with E-state index in [2.05, 4.69) is 22.9 Å². The summed E-state index contributed by atoms with van der Waals surface area (Å²) in [6, 6.07) is 13.6. The van der Waals surface area contributed by atoms with Gasteiger partial charge >= 0.3 is 0 Å². The molecule has 1 heterocycles. The SMILES string of the molecule is CCc1ccc(NC(=O)c2ccc3c(c2)NCCN3)cc1. The second-order valence-electron chi connectivity index (χ2n) is 5.12. The fourth-order valence-corrected chi connectivity index (χ4v) is 2.41. The summed E-state index contributed by atoms with van der Waals surface area (Å²) in [7, 11) is 0. The van der Waals surface area contributed by atoms with Gasteiger partial charge in [0.2, 0.25) is 0 Å². The summed E-state index contributed by atoms with van der Waals surface area (Å²) in [5.41, 5.74) is 4.77. The highest BCUT2D eigenvalue weighted by molar-refractivity contribution is 6.05. The van der Waals surface area contributed by atoms with Crippen molar-refractivity contribution in [3.8, 4) is 0 Å². The van der Waals surface area contributed by atoms with E-state index in [1.54, 1.807) is 0 Å². The van der Waals surface area contributed by atoms with E-state index < -0.39 is 0 Å². The van der Waals surface area contributed by atoms with Crippen LogP contribution in [0.5, 0.6) is 0 Å². The quantitative estimate of drug-likeness (QED) is 0.809. The lowest BCUT2D eigenvalue weighted by atomic mass is 10.1. The van der Waals surface area contributed by atoms with Crippen molar-refractivity contribution in [2.24, 2.45) is 0 Å². The number of anilines is 3. The van der Waals surface area contributed by atoms with E-state index in [0.29, 0.717) is 5.56 Å². The van der Waals surface area contributed by atoms with Crippen LogP contribution in [0.3, 0.4) is 0 Å². The lowest BCUT2D eigenvalue weighted by Gasteiger charge is -2.20. The van der Waals surface area contributed by atoms with Crippen LogP contribution in [0, 0.1) is 0 Å². The number of nitrogens with one attached hydrogen (secondary N) is 3. The maximum Gasteiger partial charge on any atom is 0.255 e. The molecule has 0 aromatic heterocycles. The number of hydrogen-bond acceptors (Lipinski definition) is 3. The van der Waals surface area contributed by atoms with E-state index in [0.717, 1.165) is 36.6 Å². The fraction of sp³-hybridized carbons (Fsp3) is 0.235. The molecule has 0 aliphatic carbocycles. The van der Waals surface area contributed by atoms with Crippen LogP contribution >= 0.6 is 0 Å². The summed E-state index contributed by atoms with van der Waals surface area (Å²) in [6.45, 7) is 3.89. The highest BCUT2D eigenvalue weighted by Gasteiger charge is 2.12. The van der Waals surface area contributed by atoms with Crippen LogP contribution in [0.15, 0.2) is 42.5 Å². The van der Waals surface area contributed by atoms with Gasteiger partial charge in [-0.15, -0.1) is 0 Å². The molecule has 4 heteroatoms. The van der Waals surface area contributed by atoms with Crippen LogP contribution in [0.1, 0.15) is 22.8 Å². The Labute approximate surface area is 124 Å². The molecule has 108 valence electrons. The van der Waals surface area contributed by atoms with Gasteiger partial charge in [-0.25, -0.2) is 0 Å². The van der Waals surface area contributed by atoms with Gasteiger partial charge in [-0.3, -0.25) is 4.79 Å². The summed E-state index contributed by atoms with van der Waals surface area (Å²) in [6.07, 6.45) is 0.998. The molecule has 3 rings (SSSR count). The Hall–Kier alpha value is -2.49. The highest BCUT2D eigenvalue weighted by atomic mass is 16.1. The molecule has 0 unspecified atom stereocenters. The van der Waals surface area contributed by atoms with Gasteiger partial charge in [-0.1, -0.05) is 19.1 Å². The second-order valence-corrected chi connectivity index (χ2v) is 5.12. The van der Waals surface area contributed by atoms with Crippen molar-refractivity contribution in [3.63, 3.8) is 0 Å². The topological polar surface area (TPSA) is 53.2 Å². The third-order valence-corrected chi connectivity index (χ3v) is 3.66. The predicted octanol–water partition coefficient (Wildman–Crippen LogP) is 3.34. The molecule has 0 fully saturated rings. The maximum atomic E-state index is 12.3. The summed E-state index contributed by atoms with van der Waals surface area (Å²) < 4.78 is 0. The van der Waals surface area contributed by atoms with E-state index in [4.69, 9.17) is 0 Å². The summed E-state index contributed by atoms with van der Waals surface area (Å²) in [5.74, 6) is -0.0885. The molecule has 3 N–H and O–H groups in total. The van der Waals surface area contributed by atoms with Gasteiger partial charge in [-0.2, -0.15) is 0 Å². The zero-order valence-corrected chi connectivity index (χ0v) is 12.1. The summed E-state index contributed by atoms with van der Waals surface area (Å²) in [5, 5.41) is 9.52. The Morgan fingerprint density at radius 1 is 1.05 bits per heavy atom. The average molecular weight is 281 g/mol. The van der Waals surface area contributed by atoms with Crippen LogP contribution in [-0.2, 0) is 6.42 Å². The van der Waals surface area contributed by atoms with Crippen LogP contribution < -0.4 is 16.0 Å². The van der Waals surface area contributed by atoms with E-state index in [9.17, 15) is 4.79 Å². The van der Waals surface area contributed by atoms with Gasteiger partial charge in [0, 0.05) is 24.3 Å². The Balaban J connectivity index is 1.75. The Morgan fingerprint density at radius 2 is 1.76 bits per heavy atom. The number of carbonyl (C=O) groups is 1. The van der Waals surface area contributed by atoms with Gasteiger partial charge in [0.1, 0.15) is 0 Å². The molecule has 0 spiro atoms. The van der Waals surface area contributed by atoms with Crippen molar-refractivity contribution >= 4 is 23.0 Å². The minimum Gasteiger partial charge on any atom is -0.382 e. The minimum atomic E-state index is -0.0885. The Kier molecular flexibility index (Phi) is 3.77. The van der Waals surface area contributed by atoms with Crippen molar-refractivity contribution in [1.29, 1.82) is 0 Å². The molecule has 1 aliphatic heterocycles. The Morgan fingerprint density at radius 3 is 2.48 bits per heavy atom. The number of amides is 1. The van der Waals surface area contributed by atoms with Crippen molar-refractivity contribution in [2.45, 2.75) is 13.3 Å². The zero-order chi connectivity index (χ0) is 14.7. The minimum absolute atomic E-state index is 0.0885. The third kappa shape index (κ3) is 2.99. The summed E-state index contributed by atoms with van der Waals surface area (Å²) in [4.78, 5) is 12.3. The lowest BCUT2D eigenvalue weighted by Crippen LogP contribution is -2.21. The van der Waals surface area contributed by atoms with Gasteiger partial charge in [0.15, 0.2) is 0 Å². The van der Waals surface area contributed by atoms with Crippen molar-refractivity contribution in [1.82, 2.24) is 0 Å². The molecule has 1 aliphatic rings. The number of carbonyl (C=O) groups excluding carboxylic acids is 1. The van der Waals surface area contributed by atoms with Crippen LogP contribution in [0.25, 0.3) is 0 Å². The van der Waals surface area contributed by atoms with Crippen molar-refractivity contribution < 1.29 is 4.79 Å². The molecular formula is C17H19N3O. The molecule has 21 heavy (non-hydrogen) atoms. The van der Waals surface area contributed by atoms with E-state index in [1.807, 2.05) is 42.5 Å². The second kappa shape index (κ2) is 5.87. The van der Waals surface area contributed by atoms with E-state index in [-0.39, 0.29) is 5.91 Å². The first-order chi connectivity index (χ1) is 10.3. The lowest BCUT2D eigenvalue weighted by molar-refractivity contribution is 0.102. The van der Waals surface area contributed by atoms with Crippen LogP contribution in [0.4, 0.5) is 17.1 Å². The molecule has 0 saturated carbocycles. The molecule has 0 saturated heterocycles. The number of benzene rings is 2. The standard InChI is InChI=1S/C17H19N3O/c1-2-12-3-6-14(7-4-12)20-17(21)13-5-8-15-16(11-13)19-10-9-18-15/h3-8,11,18-19H,2,9-10H2,1H3,(H,20,21). The maximum absolute atomic E-state index is 12.3. The number of aryl methyl sites for hydroxylation is 1. The average Bonchev–Trinajstić information content (AvgIpc) is 2.55. The molecular weight excluding hydrogens is 262 g/mol. The molecule has 2 aromatic rings. The first-order valence-corrected chi connectivity index (χ1v) is 7.28. The number of hydrogen-bond donors (Lipinski definition) is 3. The zero-order valence-electron chi connectivity index (χ0n) is 12.1. The monoisotopic (exact) mass is 281 g/mol. The van der Waals surface area contributed by atoms with Crippen LogP contribution in [-0.4, -0.2) is 19.0 Å². The number of fused-ring (bicyclic) bond motifs is 1. The van der Waals surface area contributed by atoms with Gasteiger partial charge in [-0.05, 0) is 42.3 Å². The first-order valence-electron chi connectivity index (χ1n) is 7.28. The summed E-state index contributed by atoms with van der Waals surface area (Å²) >= 11 is 0. The molecule has 0 atom stereocenters. The van der Waals surface area contributed by atoms with E-state index in [1.165, 1.54) is 5.56 Å². The smallest absolute Gasteiger partial charge is 0.255 e. The molecule has 4 nitrogen and oxygen atoms in total. The fourth-order valence-electron chi connectivity index (χ4n) is 2.41. The van der Waals surface area contributed by atoms with Gasteiger partial charge in [0.05, 0.1) is 11.4 Å². The first kappa shape index (κ1) is 13.5. The largest absolute Gasteiger partial charge is 0.382 e. The Bertz CT molecular complexity index is 650. The molecule has 2 aromatic carbocycles. The van der Waals surface area contributed by atoms with Gasteiger partial charge in [0.25, 0.3) is 5.91 Å². The van der Waals surface area contributed by atoms with Gasteiger partial charge < -0.3 is 16.0 Å². The van der Waals surface area contributed by atoms with Crippen molar-refractivity contribution in [3.05, 3.63) is 53.6 Å². The molecule has 0 radical (unpaired) electrons. The predicted molar refractivity (Wildman–Crippen MR) is 87.2 cm³/mol. The number of rotatable bonds is 3. The van der Waals surface area contributed by atoms with Crippen molar-refractivity contribution in [2.75, 3.05) is 29.0 Å². The van der Waals surface area contributed by atoms with E-state index >= 15 is 0 Å². The third-order valence-electron chi connectivity index (χ3n) is 3.66. The molecule has 1 amide bonds. The normalized spacial score (nSPS) is 12.8. The highest BCUT2D eigenvalue weighted by Crippen LogP contribution is 2.25. The van der Waals surface area contributed by atoms with Crippen LogP contribution in [0.2, 0.25) is 0 Å².